The molecule has 0 aromatic heterocycles. The zero-order valence-electron chi connectivity index (χ0n) is 13.8. The molecule has 0 saturated heterocycles. The van der Waals surface area contributed by atoms with Crippen LogP contribution in [0.4, 0.5) is 0 Å². The first-order valence-corrected chi connectivity index (χ1v) is 8.72. The molecule has 2 aliphatic carbocycles. The van der Waals surface area contributed by atoms with E-state index in [0.29, 0.717) is 19.2 Å². The summed E-state index contributed by atoms with van der Waals surface area (Å²) < 4.78 is 5.67. The summed E-state index contributed by atoms with van der Waals surface area (Å²) in [6, 6.07) is 8.46. The van der Waals surface area contributed by atoms with E-state index >= 15 is 0 Å². The monoisotopic (exact) mass is 303 g/mol. The van der Waals surface area contributed by atoms with Crippen LogP contribution in [0.3, 0.4) is 0 Å². The second kappa shape index (κ2) is 7.01. The van der Waals surface area contributed by atoms with Crippen LogP contribution in [0.25, 0.3) is 0 Å². The number of aliphatic hydroxyl groups excluding tert-OH is 1. The molecule has 0 unspecified atom stereocenters. The summed E-state index contributed by atoms with van der Waals surface area (Å²) in [6.45, 7) is 5.28. The average Bonchev–Trinajstić information content (AvgIpc) is 3.13. The Bertz CT molecular complexity index is 490. The largest absolute Gasteiger partial charge is 0.491 e. The molecule has 0 spiro atoms. The van der Waals surface area contributed by atoms with Gasteiger partial charge in [-0.05, 0) is 68.6 Å². The summed E-state index contributed by atoms with van der Waals surface area (Å²) in [4.78, 5) is 0. The van der Waals surface area contributed by atoms with Gasteiger partial charge in [-0.15, -0.1) is 0 Å². The van der Waals surface area contributed by atoms with Crippen molar-refractivity contribution >= 4 is 0 Å². The Balaban J connectivity index is 1.38. The Morgan fingerprint density at radius 1 is 1.32 bits per heavy atom. The van der Waals surface area contributed by atoms with Crippen LogP contribution in [0.1, 0.15) is 38.2 Å². The van der Waals surface area contributed by atoms with Crippen molar-refractivity contribution in [2.75, 3.05) is 13.2 Å². The lowest BCUT2D eigenvalue weighted by Gasteiger charge is -2.29. The van der Waals surface area contributed by atoms with Crippen molar-refractivity contribution in [1.29, 1.82) is 0 Å². The molecule has 1 aromatic rings. The van der Waals surface area contributed by atoms with Gasteiger partial charge in [0.2, 0.25) is 0 Å². The number of fused-ring (bicyclic) bond motifs is 2. The van der Waals surface area contributed by atoms with Crippen LogP contribution in [0, 0.1) is 24.7 Å². The minimum atomic E-state index is -0.457. The van der Waals surface area contributed by atoms with E-state index in [9.17, 15) is 5.11 Å². The van der Waals surface area contributed by atoms with E-state index in [-0.39, 0.29) is 0 Å². The van der Waals surface area contributed by atoms with Gasteiger partial charge >= 0.3 is 0 Å². The summed E-state index contributed by atoms with van der Waals surface area (Å²) in [5.41, 5.74) is 1.18. The molecule has 2 aliphatic rings. The molecule has 1 aromatic carbocycles. The quantitative estimate of drug-likeness (QED) is 0.813. The Morgan fingerprint density at radius 2 is 2.18 bits per heavy atom. The standard InChI is InChI=1S/C19H29NO2/c1-13-4-3-5-18(8-13)22-12-17(21)11-20-14(2)19-10-15-6-7-16(19)9-15/h3-5,8,14-17,19-21H,6-7,9-12H2,1-2H3/t14-,15+,16+,17-,19-/m1/s1. The van der Waals surface area contributed by atoms with Gasteiger partial charge in [0.25, 0.3) is 0 Å². The number of nitrogens with one attached hydrogen (secondary N) is 1. The molecule has 2 saturated carbocycles. The summed E-state index contributed by atoms with van der Waals surface area (Å²) in [5.74, 6) is 3.55. The second-order valence-electron chi connectivity index (χ2n) is 7.32. The molecule has 0 heterocycles. The molecular formula is C19H29NO2. The molecular weight excluding hydrogens is 274 g/mol. The highest BCUT2D eigenvalue weighted by Crippen LogP contribution is 2.49. The number of rotatable bonds is 7. The lowest BCUT2D eigenvalue weighted by molar-refractivity contribution is 0.0993. The highest BCUT2D eigenvalue weighted by molar-refractivity contribution is 5.27. The Hall–Kier alpha value is -1.06. The van der Waals surface area contributed by atoms with Crippen LogP contribution in [0.5, 0.6) is 5.75 Å². The van der Waals surface area contributed by atoms with E-state index in [1.54, 1.807) is 0 Å². The van der Waals surface area contributed by atoms with E-state index in [1.807, 2.05) is 31.2 Å². The molecule has 0 amide bonds. The van der Waals surface area contributed by atoms with Crippen LogP contribution >= 0.6 is 0 Å². The van der Waals surface area contributed by atoms with Crippen LogP contribution in [0.15, 0.2) is 24.3 Å². The Kier molecular flexibility index (Phi) is 5.04. The Labute approximate surface area is 134 Å². The number of aryl methyl sites for hydroxylation is 1. The van der Waals surface area contributed by atoms with Gasteiger partial charge in [-0.2, -0.15) is 0 Å². The van der Waals surface area contributed by atoms with Crippen molar-refractivity contribution in [3.8, 4) is 5.75 Å². The van der Waals surface area contributed by atoms with Gasteiger partial charge in [0, 0.05) is 12.6 Å². The third-order valence-corrected chi connectivity index (χ3v) is 5.54. The van der Waals surface area contributed by atoms with E-state index in [4.69, 9.17) is 4.74 Å². The Morgan fingerprint density at radius 3 is 2.86 bits per heavy atom. The molecule has 2 N–H and O–H groups in total. The van der Waals surface area contributed by atoms with E-state index in [0.717, 1.165) is 23.5 Å². The molecule has 0 aliphatic heterocycles. The maximum absolute atomic E-state index is 10.1. The maximum Gasteiger partial charge on any atom is 0.119 e. The first kappa shape index (κ1) is 15.8. The van der Waals surface area contributed by atoms with Crippen LogP contribution in [-0.2, 0) is 0 Å². The predicted molar refractivity (Wildman–Crippen MR) is 89.1 cm³/mol. The predicted octanol–water partition coefficient (Wildman–Crippen LogP) is 3.15. The first-order valence-electron chi connectivity index (χ1n) is 8.72. The minimum Gasteiger partial charge on any atom is -0.491 e. The first-order chi connectivity index (χ1) is 10.6. The normalized spacial score (nSPS) is 29.5. The summed E-state index contributed by atoms with van der Waals surface area (Å²) in [7, 11) is 0. The van der Waals surface area contributed by atoms with E-state index in [1.165, 1.54) is 31.2 Å². The maximum atomic E-state index is 10.1. The van der Waals surface area contributed by atoms with Crippen LogP contribution < -0.4 is 10.1 Å². The smallest absolute Gasteiger partial charge is 0.119 e. The fraction of sp³-hybridized carbons (Fsp3) is 0.684. The van der Waals surface area contributed by atoms with Gasteiger partial charge in [-0.1, -0.05) is 18.6 Å². The van der Waals surface area contributed by atoms with Crippen LogP contribution in [-0.4, -0.2) is 30.4 Å². The van der Waals surface area contributed by atoms with Crippen molar-refractivity contribution in [2.45, 2.75) is 51.7 Å². The molecule has 122 valence electrons. The second-order valence-corrected chi connectivity index (χ2v) is 7.32. The number of hydrogen-bond acceptors (Lipinski definition) is 3. The summed E-state index contributed by atoms with van der Waals surface area (Å²) >= 11 is 0. The number of hydrogen-bond donors (Lipinski definition) is 2. The van der Waals surface area contributed by atoms with Gasteiger partial charge in [-0.3, -0.25) is 0 Å². The van der Waals surface area contributed by atoms with Crippen molar-refractivity contribution in [3.63, 3.8) is 0 Å². The highest BCUT2D eigenvalue weighted by Gasteiger charge is 2.41. The van der Waals surface area contributed by atoms with Gasteiger partial charge in [0.1, 0.15) is 18.5 Å². The molecule has 5 atom stereocenters. The zero-order valence-corrected chi connectivity index (χ0v) is 13.8. The van der Waals surface area contributed by atoms with Crippen molar-refractivity contribution in [2.24, 2.45) is 17.8 Å². The van der Waals surface area contributed by atoms with Gasteiger partial charge in [0.15, 0.2) is 0 Å². The third kappa shape index (κ3) is 3.82. The molecule has 3 rings (SSSR count). The van der Waals surface area contributed by atoms with Crippen molar-refractivity contribution < 1.29 is 9.84 Å². The molecule has 2 bridgehead atoms. The lowest BCUT2D eigenvalue weighted by atomic mass is 9.84. The third-order valence-electron chi connectivity index (χ3n) is 5.54. The highest BCUT2D eigenvalue weighted by atomic mass is 16.5. The molecule has 22 heavy (non-hydrogen) atoms. The van der Waals surface area contributed by atoms with E-state index in [2.05, 4.69) is 12.2 Å². The van der Waals surface area contributed by atoms with Crippen LogP contribution in [0.2, 0.25) is 0 Å². The van der Waals surface area contributed by atoms with Gasteiger partial charge in [-0.25, -0.2) is 0 Å². The lowest BCUT2D eigenvalue weighted by Crippen LogP contribution is -2.41. The van der Waals surface area contributed by atoms with Gasteiger partial charge in [0.05, 0.1) is 0 Å². The summed E-state index contributed by atoms with van der Waals surface area (Å²) in [6.07, 6.45) is 5.23. The molecule has 2 fully saturated rings. The van der Waals surface area contributed by atoms with Crippen molar-refractivity contribution in [1.82, 2.24) is 5.32 Å². The average molecular weight is 303 g/mol. The molecule has 3 heteroatoms. The molecule has 3 nitrogen and oxygen atoms in total. The van der Waals surface area contributed by atoms with Crippen molar-refractivity contribution in [3.05, 3.63) is 29.8 Å². The fourth-order valence-corrected chi connectivity index (χ4v) is 4.34. The summed E-state index contributed by atoms with van der Waals surface area (Å²) in [5, 5.41) is 13.6. The zero-order chi connectivity index (χ0) is 15.5. The number of aliphatic hydroxyl groups is 1. The number of ether oxygens (including phenoxy) is 1. The molecule has 0 radical (unpaired) electrons. The van der Waals surface area contributed by atoms with E-state index < -0.39 is 6.10 Å². The fourth-order valence-electron chi connectivity index (χ4n) is 4.34. The SMILES string of the molecule is Cc1cccc(OC[C@H](O)CN[C@H](C)[C@H]2C[C@H]3CC[C@H]2C3)c1. The minimum absolute atomic E-state index is 0.347. The van der Waals surface area contributed by atoms with Gasteiger partial charge < -0.3 is 15.2 Å². The number of benzene rings is 1. The topological polar surface area (TPSA) is 41.5 Å².